The average molecular weight is 295 g/mol. The zero-order valence-corrected chi connectivity index (χ0v) is 12.1. The molecule has 1 aliphatic carbocycles. The fourth-order valence-electron chi connectivity index (χ4n) is 2.55. The van der Waals surface area contributed by atoms with Crippen molar-refractivity contribution in [2.75, 3.05) is 13.1 Å². The third-order valence-electron chi connectivity index (χ3n) is 3.87. The van der Waals surface area contributed by atoms with Crippen molar-refractivity contribution < 1.29 is 14.7 Å². The van der Waals surface area contributed by atoms with Crippen molar-refractivity contribution >= 4 is 12.0 Å². The third kappa shape index (κ3) is 4.44. The van der Waals surface area contributed by atoms with Crippen molar-refractivity contribution in [3.63, 3.8) is 0 Å². The Morgan fingerprint density at radius 3 is 2.71 bits per heavy atom. The molecule has 2 amide bonds. The Labute approximate surface area is 122 Å². The molecule has 0 spiro atoms. The molecular weight excluding hydrogens is 274 g/mol. The molecule has 116 valence electrons. The van der Waals surface area contributed by atoms with E-state index in [0.29, 0.717) is 19.6 Å². The van der Waals surface area contributed by atoms with Gasteiger partial charge in [0.15, 0.2) is 5.69 Å². The van der Waals surface area contributed by atoms with Crippen molar-refractivity contribution in [2.45, 2.75) is 39.2 Å². The maximum absolute atomic E-state index is 11.7. The summed E-state index contributed by atoms with van der Waals surface area (Å²) in [5.74, 6) is -1.11. The van der Waals surface area contributed by atoms with Crippen LogP contribution in [-0.2, 0) is 6.54 Å². The van der Waals surface area contributed by atoms with E-state index in [1.807, 2.05) is 0 Å². The van der Waals surface area contributed by atoms with Crippen LogP contribution in [0.2, 0.25) is 0 Å². The standard InChI is InChI=1S/C13H21N5O3/c1-13(4-2-3-5-13)9-15-12(21)14-6-7-18-8-10(11(19)20)16-17-18/h8H,2-7,9H2,1H3,(H,19,20)(H2,14,15,21). The molecule has 0 unspecified atom stereocenters. The lowest BCUT2D eigenvalue weighted by Crippen LogP contribution is -2.41. The maximum atomic E-state index is 11.7. The molecule has 0 aromatic carbocycles. The van der Waals surface area contributed by atoms with Crippen LogP contribution < -0.4 is 10.6 Å². The van der Waals surface area contributed by atoms with E-state index < -0.39 is 5.97 Å². The van der Waals surface area contributed by atoms with Crippen molar-refractivity contribution in [3.8, 4) is 0 Å². The van der Waals surface area contributed by atoms with Gasteiger partial charge in [0.2, 0.25) is 0 Å². The Morgan fingerprint density at radius 2 is 2.10 bits per heavy atom. The number of nitrogens with zero attached hydrogens (tertiary/aromatic N) is 3. The molecule has 1 saturated carbocycles. The van der Waals surface area contributed by atoms with Crippen molar-refractivity contribution in [3.05, 3.63) is 11.9 Å². The van der Waals surface area contributed by atoms with Gasteiger partial charge in [-0.05, 0) is 18.3 Å². The van der Waals surface area contributed by atoms with Crippen molar-refractivity contribution in [1.29, 1.82) is 0 Å². The Balaban J connectivity index is 1.65. The molecule has 1 aliphatic rings. The molecule has 0 saturated heterocycles. The van der Waals surface area contributed by atoms with Crippen LogP contribution in [0.1, 0.15) is 43.1 Å². The van der Waals surface area contributed by atoms with Crippen LogP contribution in [-0.4, -0.2) is 45.2 Å². The molecule has 1 aromatic rings. The third-order valence-corrected chi connectivity index (χ3v) is 3.87. The number of carbonyl (C=O) groups is 2. The van der Waals surface area contributed by atoms with E-state index in [4.69, 9.17) is 5.11 Å². The number of aromatic nitrogens is 3. The minimum absolute atomic E-state index is 0.103. The average Bonchev–Trinajstić information content (AvgIpc) is 3.06. The lowest BCUT2D eigenvalue weighted by atomic mass is 9.89. The van der Waals surface area contributed by atoms with Crippen LogP contribution in [0, 0.1) is 5.41 Å². The first-order chi connectivity index (χ1) is 9.98. The minimum atomic E-state index is -1.11. The number of carbonyl (C=O) groups excluding carboxylic acids is 1. The first-order valence-corrected chi connectivity index (χ1v) is 7.14. The molecule has 8 heteroatoms. The lowest BCUT2D eigenvalue weighted by Gasteiger charge is -2.23. The predicted octanol–water partition coefficient (Wildman–Crippen LogP) is 0.856. The Morgan fingerprint density at radius 1 is 1.38 bits per heavy atom. The Kier molecular flexibility index (Phi) is 4.77. The van der Waals surface area contributed by atoms with Gasteiger partial charge in [0.05, 0.1) is 12.7 Å². The molecule has 1 heterocycles. The second kappa shape index (κ2) is 6.55. The predicted molar refractivity (Wildman–Crippen MR) is 75.0 cm³/mol. The Hall–Kier alpha value is -2.12. The van der Waals surface area contributed by atoms with Gasteiger partial charge in [0.25, 0.3) is 0 Å². The van der Waals surface area contributed by atoms with E-state index in [-0.39, 0.29) is 17.1 Å². The summed E-state index contributed by atoms with van der Waals surface area (Å²) in [6, 6.07) is -0.207. The molecule has 0 bridgehead atoms. The highest BCUT2D eigenvalue weighted by molar-refractivity contribution is 5.84. The number of carboxylic acid groups (broad SMARTS) is 1. The van der Waals surface area contributed by atoms with Crippen LogP contribution in [0.4, 0.5) is 4.79 Å². The molecule has 8 nitrogen and oxygen atoms in total. The van der Waals surface area contributed by atoms with Gasteiger partial charge < -0.3 is 15.7 Å². The molecule has 0 aliphatic heterocycles. The van der Waals surface area contributed by atoms with Crippen LogP contribution in [0.3, 0.4) is 0 Å². The summed E-state index contributed by atoms with van der Waals surface area (Å²) >= 11 is 0. The largest absolute Gasteiger partial charge is 0.476 e. The topological polar surface area (TPSA) is 109 Å². The van der Waals surface area contributed by atoms with Crippen LogP contribution >= 0.6 is 0 Å². The first-order valence-electron chi connectivity index (χ1n) is 7.14. The van der Waals surface area contributed by atoms with E-state index in [1.54, 1.807) is 0 Å². The quantitative estimate of drug-likeness (QED) is 0.721. The number of hydrogen-bond acceptors (Lipinski definition) is 4. The first kappa shape index (κ1) is 15.3. The number of amides is 2. The van der Waals surface area contributed by atoms with Crippen LogP contribution in [0.25, 0.3) is 0 Å². The number of carboxylic acids is 1. The smallest absolute Gasteiger partial charge is 0.358 e. The van der Waals surface area contributed by atoms with E-state index >= 15 is 0 Å². The second-order valence-corrected chi connectivity index (χ2v) is 5.80. The highest BCUT2D eigenvalue weighted by Crippen LogP contribution is 2.36. The molecule has 1 fully saturated rings. The fraction of sp³-hybridized carbons (Fsp3) is 0.692. The zero-order chi connectivity index (χ0) is 15.3. The summed E-state index contributed by atoms with van der Waals surface area (Å²) in [5.41, 5.74) is 0.119. The number of rotatable bonds is 6. The maximum Gasteiger partial charge on any atom is 0.358 e. The summed E-state index contributed by atoms with van der Waals surface area (Å²) < 4.78 is 1.39. The summed E-state index contributed by atoms with van der Waals surface area (Å²) in [7, 11) is 0. The monoisotopic (exact) mass is 295 g/mol. The van der Waals surface area contributed by atoms with Gasteiger partial charge in [-0.1, -0.05) is 25.0 Å². The summed E-state index contributed by atoms with van der Waals surface area (Å²) in [6.45, 7) is 3.63. The van der Waals surface area contributed by atoms with Gasteiger partial charge in [-0.25, -0.2) is 14.3 Å². The summed E-state index contributed by atoms with van der Waals surface area (Å²) in [5, 5.41) is 21.5. The van der Waals surface area contributed by atoms with Gasteiger partial charge in [0.1, 0.15) is 0 Å². The molecule has 1 aromatic heterocycles. The molecule has 21 heavy (non-hydrogen) atoms. The molecule has 3 N–H and O–H groups in total. The highest BCUT2D eigenvalue weighted by atomic mass is 16.4. The van der Waals surface area contributed by atoms with Crippen molar-refractivity contribution in [2.24, 2.45) is 5.41 Å². The second-order valence-electron chi connectivity index (χ2n) is 5.80. The SMILES string of the molecule is CC1(CNC(=O)NCCn2cc(C(=O)O)nn2)CCCC1. The number of urea groups is 1. The summed E-state index contributed by atoms with van der Waals surface area (Å²) in [4.78, 5) is 22.3. The van der Waals surface area contributed by atoms with Gasteiger partial charge in [-0.3, -0.25) is 0 Å². The van der Waals surface area contributed by atoms with Gasteiger partial charge >= 0.3 is 12.0 Å². The van der Waals surface area contributed by atoms with E-state index in [9.17, 15) is 9.59 Å². The number of nitrogens with one attached hydrogen (secondary N) is 2. The normalized spacial score (nSPS) is 16.6. The van der Waals surface area contributed by atoms with Crippen LogP contribution in [0.15, 0.2) is 6.20 Å². The Bertz CT molecular complexity index is 508. The number of aromatic carboxylic acids is 1. The molecule has 0 atom stereocenters. The highest BCUT2D eigenvalue weighted by Gasteiger charge is 2.28. The van der Waals surface area contributed by atoms with E-state index in [0.717, 1.165) is 12.8 Å². The van der Waals surface area contributed by atoms with Gasteiger partial charge in [-0.15, -0.1) is 5.10 Å². The molecule has 0 radical (unpaired) electrons. The summed E-state index contributed by atoms with van der Waals surface area (Å²) in [6.07, 6.45) is 6.12. The minimum Gasteiger partial charge on any atom is -0.476 e. The lowest BCUT2D eigenvalue weighted by molar-refractivity contribution is 0.0690. The van der Waals surface area contributed by atoms with Gasteiger partial charge in [0, 0.05) is 13.1 Å². The zero-order valence-electron chi connectivity index (χ0n) is 12.1. The van der Waals surface area contributed by atoms with E-state index in [1.165, 1.54) is 23.7 Å². The fourth-order valence-corrected chi connectivity index (χ4v) is 2.55. The van der Waals surface area contributed by atoms with Gasteiger partial charge in [-0.2, -0.15) is 0 Å². The number of hydrogen-bond donors (Lipinski definition) is 3. The van der Waals surface area contributed by atoms with Crippen LogP contribution in [0.5, 0.6) is 0 Å². The molecule has 2 rings (SSSR count). The van der Waals surface area contributed by atoms with Crippen molar-refractivity contribution in [1.82, 2.24) is 25.6 Å². The van der Waals surface area contributed by atoms with E-state index in [2.05, 4.69) is 27.9 Å². The molecular formula is C13H21N5O3.